The van der Waals surface area contributed by atoms with Crippen molar-refractivity contribution in [2.24, 2.45) is 5.73 Å². The van der Waals surface area contributed by atoms with Gasteiger partial charge in [-0.25, -0.2) is 4.98 Å². The van der Waals surface area contributed by atoms with E-state index in [1.54, 1.807) is 6.07 Å². The van der Waals surface area contributed by atoms with Gasteiger partial charge in [0.05, 0.1) is 16.1 Å². The minimum Gasteiger partial charge on any atom is -0.437 e. The molecular formula is C19H13Cl2F3N4O2. The predicted molar refractivity (Wildman–Crippen MR) is 106 cm³/mol. The first-order chi connectivity index (χ1) is 14.2. The van der Waals surface area contributed by atoms with E-state index < -0.39 is 17.6 Å². The molecule has 3 aromatic rings. The van der Waals surface area contributed by atoms with Crippen molar-refractivity contribution in [2.45, 2.75) is 12.7 Å². The first kappa shape index (κ1) is 21.8. The Kier molecular flexibility index (Phi) is 6.45. The van der Waals surface area contributed by atoms with E-state index in [0.29, 0.717) is 17.4 Å². The number of nitrogens with one attached hydrogen (secondary N) is 1. The summed E-state index contributed by atoms with van der Waals surface area (Å²) in [6.45, 7) is 0.0188. The Morgan fingerprint density at radius 1 is 1.13 bits per heavy atom. The maximum Gasteiger partial charge on any atom is 0.417 e. The van der Waals surface area contributed by atoms with E-state index in [2.05, 4.69) is 15.3 Å². The molecule has 30 heavy (non-hydrogen) atoms. The Balaban J connectivity index is 1.81. The lowest BCUT2D eigenvalue weighted by atomic mass is 10.1. The molecule has 0 aliphatic heterocycles. The number of halogens is 5. The molecule has 0 unspecified atom stereocenters. The van der Waals surface area contributed by atoms with E-state index in [1.807, 2.05) is 0 Å². The number of benzene rings is 1. The fraction of sp³-hybridized carbons (Fsp3) is 0.105. The molecule has 2 aromatic heterocycles. The number of ether oxygens (including phenoxy) is 1. The van der Waals surface area contributed by atoms with Gasteiger partial charge >= 0.3 is 6.18 Å². The molecule has 1 amide bonds. The predicted octanol–water partition coefficient (Wildman–Crippen LogP) is 5.31. The quantitative estimate of drug-likeness (QED) is 0.543. The van der Waals surface area contributed by atoms with Crippen molar-refractivity contribution in [3.8, 4) is 11.6 Å². The zero-order valence-electron chi connectivity index (χ0n) is 15.0. The van der Waals surface area contributed by atoms with Crippen LogP contribution in [0.4, 0.5) is 18.9 Å². The second-order valence-electron chi connectivity index (χ2n) is 5.95. The summed E-state index contributed by atoms with van der Waals surface area (Å²) >= 11 is 11.9. The van der Waals surface area contributed by atoms with Crippen molar-refractivity contribution in [1.82, 2.24) is 9.97 Å². The van der Waals surface area contributed by atoms with Gasteiger partial charge in [-0.15, -0.1) is 0 Å². The largest absolute Gasteiger partial charge is 0.437 e. The zero-order chi connectivity index (χ0) is 21.9. The van der Waals surface area contributed by atoms with E-state index >= 15 is 0 Å². The Morgan fingerprint density at radius 3 is 2.53 bits per heavy atom. The highest BCUT2D eigenvalue weighted by atomic mass is 35.5. The molecule has 0 aliphatic carbocycles. The number of nitrogens with zero attached hydrogens (tertiary/aromatic N) is 2. The lowest BCUT2D eigenvalue weighted by Gasteiger charge is -2.14. The van der Waals surface area contributed by atoms with Crippen molar-refractivity contribution in [3.63, 3.8) is 0 Å². The smallest absolute Gasteiger partial charge is 0.417 e. The lowest BCUT2D eigenvalue weighted by Crippen LogP contribution is -2.13. The van der Waals surface area contributed by atoms with Crippen molar-refractivity contribution < 1.29 is 22.7 Å². The van der Waals surface area contributed by atoms with E-state index in [1.165, 1.54) is 30.6 Å². The fourth-order valence-electron chi connectivity index (χ4n) is 2.42. The Morgan fingerprint density at radius 2 is 1.90 bits per heavy atom. The second kappa shape index (κ2) is 8.86. The van der Waals surface area contributed by atoms with Crippen LogP contribution in [0.2, 0.25) is 10.0 Å². The van der Waals surface area contributed by atoms with Crippen LogP contribution in [0.5, 0.6) is 11.6 Å². The summed E-state index contributed by atoms with van der Waals surface area (Å²) in [6, 6.07) is 6.76. The number of hydrogen-bond donors (Lipinski definition) is 2. The first-order valence-corrected chi connectivity index (χ1v) is 9.09. The highest BCUT2D eigenvalue weighted by molar-refractivity contribution is 6.34. The monoisotopic (exact) mass is 456 g/mol. The molecule has 0 aliphatic rings. The zero-order valence-corrected chi connectivity index (χ0v) is 16.5. The van der Waals surface area contributed by atoms with Crippen molar-refractivity contribution >= 4 is 34.8 Å². The topological polar surface area (TPSA) is 90.1 Å². The number of pyridine rings is 2. The van der Waals surface area contributed by atoms with Crippen molar-refractivity contribution in [1.29, 1.82) is 0 Å². The van der Waals surface area contributed by atoms with Crippen LogP contribution in [0.1, 0.15) is 21.5 Å². The number of alkyl halides is 3. The highest BCUT2D eigenvalue weighted by Crippen LogP contribution is 2.35. The molecule has 3 rings (SSSR count). The van der Waals surface area contributed by atoms with E-state index in [-0.39, 0.29) is 33.8 Å². The third kappa shape index (κ3) is 4.99. The number of anilines is 1. The van der Waals surface area contributed by atoms with Gasteiger partial charge < -0.3 is 15.8 Å². The SMILES string of the molecule is NCc1cc(NC(=O)c2cnccc2Cl)ccc1Oc1ncc(C(F)(F)F)cc1Cl. The molecular weight excluding hydrogens is 444 g/mol. The highest BCUT2D eigenvalue weighted by Gasteiger charge is 2.31. The van der Waals surface area contributed by atoms with Gasteiger partial charge in [0.15, 0.2) is 0 Å². The van der Waals surface area contributed by atoms with Crippen LogP contribution in [0.3, 0.4) is 0 Å². The lowest BCUT2D eigenvalue weighted by molar-refractivity contribution is -0.137. The number of amides is 1. The first-order valence-electron chi connectivity index (χ1n) is 8.33. The summed E-state index contributed by atoms with van der Waals surface area (Å²) in [5, 5.41) is 2.59. The van der Waals surface area contributed by atoms with Crippen LogP contribution in [-0.4, -0.2) is 15.9 Å². The number of hydrogen-bond acceptors (Lipinski definition) is 5. The molecule has 0 saturated carbocycles. The standard InChI is InChI=1S/C19H13Cl2F3N4O2/c20-14-3-4-26-9-13(14)17(29)28-12-1-2-16(10(5-12)7-25)30-18-15(21)6-11(8-27-18)19(22,23)24/h1-6,8-9H,7,25H2,(H,28,29). The number of carbonyl (C=O) groups is 1. The molecule has 1 aromatic carbocycles. The van der Waals surface area contributed by atoms with Crippen LogP contribution in [0.15, 0.2) is 48.9 Å². The molecule has 0 atom stereocenters. The summed E-state index contributed by atoms with van der Waals surface area (Å²) in [7, 11) is 0. The van der Waals surface area contributed by atoms with Crippen LogP contribution in [-0.2, 0) is 12.7 Å². The van der Waals surface area contributed by atoms with Crippen molar-refractivity contribution in [2.75, 3.05) is 5.32 Å². The Hall–Kier alpha value is -2.88. The minimum atomic E-state index is -4.57. The number of carbonyl (C=O) groups excluding carboxylic acids is 1. The van der Waals surface area contributed by atoms with E-state index in [4.69, 9.17) is 33.7 Å². The van der Waals surface area contributed by atoms with Crippen LogP contribution < -0.4 is 15.8 Å². The average Bonchev–Trinajstić information content (AvgIpc) is 2.70. The molecule has 11 heteroatoms. The summed E-state index contributed by atoms with van der Waals surface area (Å²) in [5.74, 6) is -0.459. The molecule has 2 heterocycles. The maximum absolute atomic E-state index is 12.7. The third-order valence-electron chi connectivity index (χ3n) is 3.89. The van der Waals surface area contributed by atoms with Gasteiger partial charge in [-0.2, -0.15) is 13.2 Å². The third-order valence-corrected chi connectivity index (χ3v) is 4.49. The minimum absolute atomic E-state index is 0.0188. The van der Waals surface area contributed by atoms with Crippen LogP contribution >= 0.6 is 23.2 Å². The van der Waals surface area contributed by atoms with Crippen LogP contribution in [0, 0.1) is 0 Å². The van der Waals surface area contributed by atoms with Gasteiger partial charge in [0.25, 0.3) is 5.91 Å². The Labute approximate surface area is 178 Å². The second-order valence-corrected chi connectivity index (χ2v) is 6.76. The van der Waals surface area contributed by atoms with Gasteiger partial charge in [-0.05, 0) is 30.3 Å². The van der Waals surface area contributed by atoms with Gasteiger partial charge in [0, 0.05) is 36.4 Å². The molecule has 0 spiro atoms. The molecule has 0 fully saturated rings. The molecule has 0 saturated heterocycles. The number of nitrogens with two attached hydrogens (primary N) is 1. The van der Waals surface area contributed by atoms with Gasteiger partial charge in [0.1, 0.15) is 10.8 Å². The summed E-state index contributed by atoms with van der Waals surface area (Å²) < 4.78 is 43.7. The summed E-state index contributed by atoms with van der Waals surface area (Å²) in [5.41, 5.74) is 5.79. The van der Waals surface area contributed by atoms with Gasteiger partial charge in [-0.1, -0.05) is 23.2 Å². The average molecular weight is 457 g/mol. The number of aromatic nitrogens is 2. The summed E-state index contributed by atoms with van der Waals surface area (Å²) in [6.07, 6.45) is -1.17. The van der Waals surface area contributed by atoms with Crippen LogP contribution in [0.25, 0.3) is 0 Å². The maximum atomic E-state index is 12.7. The number of rotatable bonds is 5. The van der Waals surface area contributed by atoms with Gasteiger partial charge in [0.2, 0.25) is 5.88 Å². The summed E-state index contributed by atoms with van der Waals surface area (Å²) in [4.78, 5) is 19.8. The fourth-order valence-corrected chi connectivity index (χ4v) is 2.81. The Bertz CT molecular complexity index is 1090. The van der Waals surface area contributed by atoms with Crippen molar-refractivity contribution in [3.05, 3.63) is 75.7 Å². The molecule has 3 N–H and O–H groups in total. The molecule has 0 radical (unpaired) electrons. The normalized spacial score (nSPS) is 11.3. The van der Waals surface area contributed by atoms with E-state index in [0.717, 1.165) is 6.07 Å². The molecule has 6 nitrogen and oxygen atoms in total. The molecule has 156 valence electrons. The van der Waals surface area contributed by atoms with Gasteiger partial charge in [-0.3, -0.25) is 9.78 Å². The van der Waals surface area contributed by atoms with E-state index in [9.17, 15) is 18.0 Å². The molecule has 0 bridgehead atoms.